The van der Waals surface area contributed by atoms with Gasteiger partial charge in [-0.3, -0.25) is 4.79 Å². The number of rotatable bonds is 3. The average molecular weight is 270 g/mol. The summed E-state index contributed by atoms with van der Waals surface area (Å²) >= 11 is 6.87. The molecule has 7 heteroatoms. The van der Waals surface area contributed by atoms with Crippen molar-refractivity contribution < 1.29 is 9.53 Å². The molecule has 0 fully saturated rings. The first-order valence-corrected chi connectivity index (χ1v) is 5.78. The fraction of sp³-hybridized carbons (Fsp3) is 0.100. The second-order valence-electron chi connectivity index (χ2n) is 3.08. The van der Waals surface area contributed by atoms with Crippen molar-refractivity contribution in [1.29, 1.82) is 0 Å². The van der Waals surface area contributed by atoms with Crippen LogP contribution in [-0.4, -0.2) is 22.6 Å². The van der Waals surface area contributed by atoms with Gasteiger partial charge in [-0.05, 0) is 29.7 Å². The van der Waals surface area contributed by atoms with E-state index in [1.165, 1.54) is 13.3 Å². The fourth-order valence-corrected chi connectivity index (χ4v) is 1.81. The number of nitrogens with zero attached hydrogens (tertiary/aromatic N) is 2. The minimum absolute atomic E-state index is 0.291. The molecule has 0 bridgehead atoms. The van der Waals surface area contributed by atoms with E-state index in [0.717, 1.165) is 11.5 Å². The van der Waals surface area contributed by atoms with Crippen molar-refractivity contribution in [2.75, 3.05) is 12.4 Å². The lowest BCUT2D eigenvalue weighted by Gasteiger charge is -2.09. The number of aromatic nitrogens is 2. The predicted molar refractivity (Wildman–Crippen MR) is 65.9 cm³/mol. The molecule has 0 spiro atoms. The summed E-state index contributed by atoms with van der Waals surface area (Å²) in [6.07, 6.45) is 1.40. The van der Waals surface area contributed by atoms with Crippen LogP contribution in [0.25, 0.3) is 0 Å². The number of anilines is 1. The number of amides is 1. The molecule has 0 saturated carbocycles. The van der Waals surface area contributed by atoms with E-state index in [-0.39, 0.29) is 5.91 Å². The number of carbonyl (C=O) groups is 1. The monoisotopic (exact) mass is 269 g/mol. The molecular formula is C10H8ClN3O2S. The lowest BCUT2D eigenvalue weighted by molar-refractivity contribution is 0.103. The first kappa shape index (κ1) is 11.8. The molecule has 2 rings (SSSR count). The molecule has 0 aliphatic heterocycles. The van der Waals surface area contributed by atoms with E-state index in [4.69, 9.17) is 16.3 Å². The summed E-state index contributed by atoms with van der Waals surface area (Å²) in [5.41, 5.74) is 0.512. The topological polar surface area (TPSA) is 64.1 Å². The zero-order valence-corrected chi connectivity index (χ0v) is 10.4. The quantitative estimate of drug-likeness (QED) is 0.930. The number of nitrogens with one attached hydrogen (secondary N) is 1. The fourth-order valence-electron chi connectivity index (χ4n) is 1.23. The largest absolute Gasteiger partial charge is 0.495 e. The Hall–Kier alpha value is -1.66. The number of carbonyl (C=O) groups excluding carboxylic acids is 1. The van der Waals surface area contributed by atoms with Gasteiger partial charge < -0.3 is 10.1 Å². The van der Waals surface area contributed by atoms with Gasteiger partial charge in [0.15, 0.2) is 0 Å². The molecular weight excluding hydrogens is 262 g/mol. The smallest absolute Gasteiger partial charge is 0.269 e. The Morgan fingerprint density at radius 3 is 3.00 bits per heavy atom. The summed E-state index contributed by atoms with van der Waals surface area (Å²) in [4.78, 5) is 12.2. The summed E-state index contributed by atoms with van der Waals surface area (Å²) < 4.78 is 8.74. The Morgan fingerprint density at radius 1 is 1.53 bits per heavy atom. The molecule has 17 heavy (non-hydrogen) atoms. The van der Waals surface area contributed by atoms with Crippen molar-refractivity contribution in [1.82, 2.24) is 9.59 Å². The van der Waals surface area contributed by atoms with Crippen molar-refractivity contribution in [2.24, 2.45) is 0 Å². The molecule has 0 saturated heterocycles. The van der Waals surface area contributed by atoms with Crippen LogP contribution in [0.4, 0.5) is 5.69 Å². The zero-order chi connectivity index (χ0) is 12.3. The second kappa shape index (κ2) is 5.11. The maximum absolute atomic E-state index is 11.8. The number of methoxy groups -OCH3 is 1. The van der Waals surface area contributed by atoms with Crippen molar-refractivity contribution in [2.45, 2.75) is 0 Å². The first-order chi connectivity index (χ1) is 8.20. The number of ether oxygens (including phenoxy) is 1. The number of hydrogen-bond donors (Lipinski definition) is 1. The van der Waals surface area contributed by atoms with Gasteiger partial charge in [0, 0.05) is 5.02 Å². The van der Waals surface area contributed by atoms with Crippen molar-refractivity contribution >= 4 is 34.7 Å². The maximum Gasteiger partial charge on any atom is 0.269 e. The maximum atomic E-state index is 11.8. The number of halogens is 1. The summed E-state index contributed by atoms with van der Waals surface area (Å²) in [6, 6.07) is 4.99. The van der Waals surface area contributed by atoms with Crippen LogP contribution >= 0.6 is 23.1 Å². The highest BCUT2D eigenvalue weighted by atomic mass is 35.5. The van der Waals surface area contributed by atoms with Crippen molar-refractivity contribution in [3.05, 3.63) is 34.3 Å². The first-order valence-electron chi connectivity index (χ1n) is 4.63. The van der Waals surface area contributed by atoms with Gasteiger partial charge in [-0.1, -0.05) is 16.1 Å². The Bertz CT molecular complexity index is 530. The third kappa shape index (κ3) is 2.72. The van der Waals surface area contributed by atoms with Crippen LogP contribution in [0.2, 0.25) is 5.02 Å². The number of benzene rings is 1. The Balaban J connectivity index is 2.23. The molecule has 1 aromatic heterocycles. The minimum atomic E-state index is -0.291. The van der Waals surface area contributed by atoms with E-state index in [1.807, 2.05) is 0 Å². The molecule has 0 aliphatic rings. The van der Waals surface area contributed by atoms with Gasteiger partial charge in [0.2, 0.25) is 0 Å². The standard InChI is InChI=1S/C10H8ClN3O2S/c1-16-8-3-2-6(11)4-7(8)13-10(15)9-5-12-14-17-9/h2-5H,1H3,(H,13,15). The normalized spacial score (nSPS) is 10.0. The molecule has 1 N–H and O–H groups in total. The van der Waals surface area contributed by atoms with E-state index >= 15 is 0 Å². The molecule has 5 nitrogen and oxygen atoms in total. The number of hydrogen-bond acceptors (Lipinski definition) is 5. The predicted octanol–water partition coefficient (Wildman–Crippen LogP) is 2.45. The lowest BCUT2D eigenvalue weighted by atomic mass is 10.3. The lowest BCUT2D eigenvalue weighted by Crippen LogP contribution is -2.11. The van der Waals surface area contributed by atoms with Gasteiger partial charge in [-0.25, -0.2) is 0 Å². The molecule has 2 aromatic rings. The van der Waals surface area contributed by atoms with Crippen LogP contribution in [0, 0.1) is 0 Å². The third-order valence-electron chi connectivity index (χ3n) is 1.99. The van der Waals surface area contributed by atoms with Crippen molar-refractivity contribution in [3.8, 4) is 5.75 Å². The molecule has 0 radical (unpaired) electrons. The molecule has 1 aromatic carbocycles. The van der Waals surface area contributed by atoms with E-state index in [2.05, 4.69) is 14.9 Å². The van der Waals surface area contributed by atoms with Crippen LogP contribution in [0.15, 0.2) is 24.4 Å². The van der Waals surface area contributed by atoms with Gasteiger partial charge >= 0.3 is 0 Å². The molecule has 1 amide bonds. The molecule has 1 heterocycles. The van der Waals surface area contributed by atoms with Crippen LogP contribution < -0.4 is 10.1 Å². The highest BCUT2D eigenvalue weighted by molar-refractivity contribution is 7.07. The zero-order valence-electron chi connectivity index (χ0n) is 8.81. The van der Waals surface area contributed by atoms with E-state index in [0.29, 0.717) is 21.3 Å². The average Bonchev–Trinajstić information content (AvgIpc) is 2.83. The Kier molecular flexibility index (Phi) is 3.55. The van der Waals surface area contributed by atoms with Gasteiger partial charge in [-0.2, -0.15) is 0 Å². The minimum Gasteiger partial charge on any atom is -0.495 e. The van der Waals surface area contributed by atoms with Crippen LogP contribution in [0.5, 0.6) is 5.75 Å². The van der Waals surface area contributed by atoms with Gasteiger partial charge in [0.25, 0.3) is 5.91 Å². The SMILES string of the molecule is COc1ccc(Cl)cc1NC(=O)c1cnns1. The third-order valence-corrected chi connectivity index (χ3v) is 2.89. The van der Waals surface area contributed by atoms with Gasteiger partial charge in [0.1, 0.15) is 10.6 Å². The summed E-state index contributed by atoms with van der Waals surface area (Å²) in [6.45, 7) is 0. The summed E-state index contributed by atoms with van der Waals surface area (Å²) in [5.74, 6) is 0.251. The molecule has 0 atom stereocenters. The Labute approximate surface area is 107 Å². The summed E-state index contributed by atoms with van der Waals surface area (Å²) in [5, 5.41) is 6.80. The van der Waals surface area contributed by atoms with E-state index < -0.39 is 0 Å². The van der Waals surface area contributed by atoms with Crippen molar-refractivity contribution in [3.63, 3.8) is 0 Å². The molecule has 0 unspecified atom stereocenters. The van der Waals surface area contributed by atoms with Gasteiger partial charge in [0.05, 0.1) is 19.0 Å². The second-order valence-corrected chi connectivity index (χ2v) is 4.30. The van der Waals surface area contributed by atoms with Crippen LogP contribution in [0.1, 0.15) is 9.67 Å². The summed E-state index contributed by atoms with van der Waals surface area (Å²) in [7, 11) is 1.52. The van der Waals surface area contributed by atoms with Gasteiger partial charge in [-0.15, -0.1) is 5.10 Å². The highest BCUT2D eigenvalue weighted by Crippen LogP contribution is 2.28. The van der Waals surface area contributed by atoms with Crippen LogP contribution in [-0.2, 0) is 0 Å². The Morgan fingerprint density at radius 2 is 2.35 bits per heavy atom. The molecule has 88 valence electrons. The van der Waals surface area contributed by atoms with Crippen LogP contribution in [0.3, 0.4) is 0 Å². The highest BCUT2D eigenvalue weighted by Gasteiger charge is 2.12. The van der Waals surface area contributed by atoms with E-state index in [9.17, 15) is 4.79 Å². The molecule has 0 aliphatic carbocycles. The van der Waals surface area contributed by atoms with E-state index in [1.54, 1.807) is 18.2 Å².